The van der Waals surface area contributed by atoms with Gasteiger partial charge in [0.05, 0.1) is 22.6 Å². The van der Waals surface area contributed by atoms with Crippen molar-refractivity contribution in [1.29, 1.82) is 0 Å². The molecule has 2 bridgehead atoms. The van der Waals surface area contributed by atoms with Crippen LogP contribution in [0.4, 0.5) is 5.69 Å². The van der Waals surface area contributed by atoms with Gasteiger partial charge in [-0.2, -0.15) is 0 Å². The highest BCUT2D eigenvalue weighted by Crippen LogP contribution is 2.59. The minimum atomic E-state index is -0.841. The number of hydrogen-bond donors (Lipinski definition) is 1. The van der Waals surface area contributed by atoms with Gasteiger partial charge in [-0.05, 0) is 42.9 Å². The van der Waals surface area contributed by atoms with E-state index in [-0.39, 0.29) is 22.6 Å². The zero-order valence-electron chi connectivity index (χ0n) is 15.9. The molecule has 7 nitrogen and oxygen atoms in total. The average molecular weight is 474 g/mol. The lowest BCUT2D eigenvalue weighted by Gasteiger charge is -2.28. The van der Waals surface area contributed by atoms with Crippen molar-refractivity contribution in [2.75, 3.05) is 18.5 Å². The second-order valence-corrected chi connectivity index (χ2v) is 9.30. The molecule has 160 valence electrons. The van der Waals surface area contributed by atoms with E-state index in [1.54, 1.807) is 25.1 Å². The third-order valence-electron chi connectivity index (χ3n) is 6.27. The number of carbonyl (C=O) groups excluding carboxylic acids is 4. The summed E-state index contributed by atoms with van der Waals surface area (Å²) in [6.07, 6.45) is 0.649. The van der Waals surface area contributed by atoms with Gasteiger partial charge < -0.3 is 10.1 Å². The van der Waals surface area contributed by atoms with Crippen LogP contribution in [-0.2, 0) is 23.9 Å². The Hall–Kier alpha value is -1.83. The van der Waals surface area contributed by atoms with E-state index in [4.69, 9.17) is 39.5 Å². The molecular weight excluding hydrogens is 455 g/mol. The summed E-state index contributed by atoms with van der Waals surface area (Å²) in [7, 11) is 0. The zero-order valence-corrected chi connectivity index (χ0v) is 18.2. The van der Waals surface area contributed by atoms with Crippen LogP contribution in [0.5, 0.6) is 0 Å². The summed E-state index contributed by atoms with van der Waals surface area (Å²) in [5, 5.41) is 2.37. The highest BCUT2D eigenvalue weighted by atomic mass is 35.5. The van der Waals surface area contributed by atoms with Crippen LogP contribution in [0.2, 0.25) is 5.02 Å². The van der Waals surface area contributed by atoms with E-state index in [0.29, 0.717) is 22.7 Å². The number of benzene rings is 1. The maximum atomic E-state index is 12.7. The van der Waals surface area contributed by atoms with E-state index in [0.717, 1.165) is 4.90 Å². The van der Waals surface area contributed by atoms with Gasteiger partial charge >= 0.3 is 5.97 Å². The van der Waals surface area contributed by atoms with Gasteiger partial charge in [0.1, 0.15) is 6.54 Å². The number of fused-ring (bicyclic) bond motifs is 5. The molecule has 0 unspecified atom stereocenters. The predicted octanol–water partition coefficient (Wildman–Crippen LogP) is 2.60. The van der Waals surface area contributed by atoms with Gasteiger partial charge in [-0.1, -0.05) is 17.7 Å². The molecule has 1 aliphatic heterocycles. The Kier molecular flexibility index (Phi) is 5.72. The van der Waals surface area contributed by atoms with Crippen LogP contribution in [0.15, 0.2) is 18.2 Å². The normalized spacial score (nSPS) is 31.8. The first kappa shape index (κ1) is 21.4. The topological polar surface area (TPSA) is 92.8 Å². The SMILES string of the molecule is Cc1c(Cl)cccc1NC(=O)COC(=O)CN1C(=O)[C@@H]2[C@H]3C[C@@H]([C@H](Cl)[C@H]3Cl)[C@@H]2C1=O. The van der Waals surface area contributed by atoms with E-state index in [1.807, 2.05) is 0 Å². The average Bonchev–Trinajstić information content (AvgIpc) is 3.31. The van der Waals surface area contributed by atoms with Gasteiger partial charge in [-0.15, -0.1) is 23.2 Å². The van der Waals surface area contributed by atoms with E-state index in [2.05, 4.69) is 5.32 Å². The molecule has 1 N–H and O–H groups in total. The summed E-state index contributed by atoms with van der Waals surface area (Å²) in [5.74, 6) is -3.60. The molecule has 2 aliphatic carbocycles. The fourth-order valence-corrected chi connectivity index (χ4v) is 5.88. The zero-order chi connectivity index (χ0) is 21.7. The Morgan fingerprint density at radius 2 is 1.73 bits per heavy atom. The predicted molar refractivity (Wildman–Crippen MR) is 110 cm³/mol. The maximum Gasteiger partial charge on any atom is 0.326 e. The van der Waals surface area contributed by atoms with Crippen LogP contribution in [0.25, 0.3) is 0 Å². The molecule has 4 rings (SSSR count). The van der Waals surface area contributed by atoms with Gasteiger partial charge in [0.25, 0.3) is 5.91 Å². The quantitative estimate of drug-likeness (QED) is 0.403. The van der Waals surface area contributed by atoms with E-state index < -0.39 is 48.7 Å². The molecule has 3 fully saturated rings. The molecule has 30 heavy (non-hydrogen) atoms. The Balaban J connectivity index is 1.33. The summed E-state index contributed by atoms with van der Waals surface area (Å²) >= 11 is 18.6. The molecule has 6 atom stereocenters. The largest absolute Gasteiger partial charge is 0.454 e. The molecule has 10 heteroatoms. The minimum Gasteiger partial charge on any atom is -0.454 e. The summed E-state index contributed by atoms with van der Waals surface area (Å²) in [6.45, 7) is 0.662. The smallest absolute Gasteiger partial charge is 0.326 e. The lowest BCUT2D eigenvalue weighted by Crippen LogP contribution is -2.38. The number of alkyl halides is 2. The van der Waals surface area contributed by atoms with Gasteiger partial charge in [0.15, 0.2) is 6.61 Å². The van der Waals surface area contributed by atoms with E-state index in [9.17, 15) is 19.2 Å². The summed E-state index contributed by atoms with van der Waals surface area (Å²) in [6, 6.07) is 5.04. The Morgan fingerprint density at radius 1 is 1.13 bits per heavy atom. The molecular formula is C20H19Cl3N2O5. The van der Waals surface area contributed by atoms with Crippen LogP contribution in [0.3, 0.4) is 0 Å². The van der Waals surface area contributed by atoms with Crippen molar-refractivity contribution in [2.45, 2.75) is 24.1 Å². The number of esters is 1. The lowest BCUT2D eigenvalue weighted by molar-refractivity contribution is -0.154. The van der Waals surface area contributed by atoms with Crippen molar-refractivity contribution in [3.63, 3.8) is 0 Å². The number of imide groups is 1. The monoisotopic (exact) mass is 472 g/mol. The Labute approximate surface area is 188 Å². The number of halogens is 3. The molecule has 2 saturated carbocycles. The van der Waals surface area contributed by atoms with Gasteiger partial charge in [-0.25, -0.2) is 0 Å². The van der Waals surface area contributed by atoms with Crippen LogP contribution in [0, 0.1) is 30.6 Å². The van der Waals surface area contributed by atoms with Crippen LogP contribution in [-0.4, -0.2) is 52.5 Å². The van der Waals surface area contributed by atoms with Crippen molar-refractivity contribution in [2.24, 2.45) is 23.7 Å². The van der Waals surface area contributed by atoms with Crippen LogP contribution < -0.4 is 5.32 Å². The third-order valence-corrected chi connectivity index (χ3v) is 8.00. The number of anilines is 1. The standard InChI is InChI=1S/C20H19Cl3N2O5/c1-8-11(21)3-2-4-12(8)24-13(26)7-30-14(27)6-25-19(28)15-9-5-10(16(15)20(25)29)18(23)17(9)22/h2-4,9-10,15-18H,5-7H2,1H3,(H,24,26)/t9-,10-,15-,16+,17+,18+/m1/s1. The van der Waals surface area contributed by atoms with Crippen molar-refractivity contribution >= 4 is 64.2 Å². The van der Waals surface area contributed by atoms with Gasteiger partial charge in [0.2, 0.25) is 11.8 Å². The number of nitrogens with zero attached hydrogens (tertiary/aromatic N) is 1. The Bertz CT molecular complexity index is 907. The minimum absolute atomic E-state index is 0.159. The first-order chi connectivity index (χ1) is 14.2. The molecule has 0 radical (unpaired) electrons. The fraction of sp³-hybridized carbons (Fsp3) is 0.500. The van der Waals surface area contributed by atoms with Crippen LogP contribution >= 0.6 is 34.8 Å². The fourth-order valence-electron chi connectivity index (χ4n) is 4.82. The summed E-state index contributed by atoms with van der Waals surface area (Å²) < 4.78 is 4.96. The maximum absolute atomic E-state index is 12.7. The number of likely N-dealkylation sites (tertiary alicyclic amines) is 1. The molecule has 1 heterocycles. The first-order valence-corrected chi connectivity index (χ1v) is 10.8. The second-order valence-electron chi connectivity index (χ2n) is 7.89. The summed E-state index contributed by atoms with van der Waals surface area (Å²) in [4.78, 5) is 50.6. The lowest BCUT2D eigenvalue weighted by atomic mass is 9.80. The van der Waals surface area contributed by atoms with Crippen molar-refractivity contribution in [3.8, 4) is 0 Å². The second kappa shape index (κ2) is 8.02. The number of carbonyl (C=O) groups is 4. The molecule has 1 aromatic carbocycles. The highest BCUT2D eigenvalue weighted by molar-refractivity contribution is 6.32. The molecule has 1 aromatic rings. The van der Waals surface area contributed by atoms with Gasteiger partial charge in [-0.3, -0.25) is 24.1 Å². The van der Waals surface area contributed by atoms with Crippen LogP contribution in [0.1, 0.15) is 12.0 Å². The summed E-state index contributed by atoms with van der Waals surface area (Å²) in [5.41, 5.74) is 1.19. The van der Waals surface area contributed by atoms with Gasteiger partial charge in [0, 0.05) is 10.7 Å². The van der Waals surface area contributed by atoms with Crippen molar-refractivity contribution in [1.82, 2.24) is 4.90 Å². The number of nitrogens with one attached hydrogen (secondary N) is 1. The number of ether oxygens (including phenoxy) is 1. The molecule has 3 amide bonds. The Morgan fingerprint density at radius 3 is 2.33 bits per heavy atom. The van der Waals surface area contributed by atoms with E-state index >= 15 is 0 Å². The molecule has 0 spiro atoms. The number of amides is 3. The van der Waals surface area contributed by atoms with Crippen molar-refractivity contribution < 1.29 is 23.9 Å². The molecule has 3 aliphatic rings. The van der Waals surface area contributed by atoms with E-state index in [1.165, 1.54) is 0 Å². The van der Waals surface area contributed by atoms with Crippen molar-refractivity contribution in [3.05, 3.63) is 28.8 Å². The highest BCUT2D eigenvalue weighted by Gasteiger charge is 2.66. The molecule has 1 saturated heterocycles. The first-order valence-electron chi connectivity index (χ1n) is 9.54. The number of hydrogen-bond acceptors (Lipinski definition) is 5. The molecule has 0 aromatic heterocycles. The third kappa shape index (κ3) is 3.47. The number of rotatable bonds is 5.